The minimum atomic E-state index is -4.73. The Kier molecular flexibility index (Phi) is 22.5. The Hall–Kier alpha value is -0.540. The van der Waals surface area contributed by atoms with Gasteiger partial charge in [-0.1, -0.05) is 96.8 Å². The van der Waals surface area contributed by atoms with Crippen molar-refractivity contribution in [3.05, 3.63) is 0 Å². The quantitative estimate of drug-likeness (QED) is 0.0940. The van der Waals surface area contributed by atoms with Crippen LogP contribution in [0, 0.1) is 0 Å². The van der Waals surface area contributed by atoms with E-state index in [1.165, 1.54) is 77.0 Å². The molecule has 204 valence electrons. The maximum atomic E-state index is 11.7. The first-order valence-electron chi connectivity index (χ1n) is 13.0. The number of unbranched alkanes of at least 4 members (excludes halogenated alkanes) is 14. The van der Waals surface area contributed by atoms with Crippen LogP contribution >= 0.6 is 7.82 Å². The summed E-state index contributed by atoms with van der Waals surface area (Å²) in [6.07, 6.45) is 16.2. The summed E-state index contributed by atoms with van der Waals surface area (Å²) in [6, 6.07) is 0. The number of carbonyl (C=O) groups is 1. The van der Waals surface area contributed by atoms with E-state index in [1.54, 1.807) is 0 Å². The van der Waals surface area contributed by atoms with Gasteiger partial charge < -0.3 is 34.0 Å². The molecule has 0 aliphatic heterocycles. The van der Waals surface area contributed by atoms with Gasteiger partial charge in [-0.05, 0) is 6.42 Å². The Bertz CT molecular complexity index is 519. The predicted molar refractivity (Wildman–Crippen MR) is 129 cm³/mol. The van der Waals surface area contributed by atoms with Crippen LogP contribution in [0.15, 0.2) is 0 Å². The van der Waals surface area contributed by atoms with Crippen molar-refractivity contribution >= 4 is 13.8 Å². The van der Waals surface area contributed by atoms with Crippen molar-refractivity contribution in [2.24, 2.45) is 0 Å². The number of phosphoric acid groups is 1. The summed E-state index contributed by atoms with van der Waals surface area (Å²) in [4.78, 5) is 23.2. The second-order valence-electron chi connectivity index (χ2n) is 8.91. The number of esters is 1. The Balaban J connectivity index is 3.50. The first-order valence-corrected chi connectivity index (χ1v) is 14.5. The summed E-state index contributed by atoms with van der Waals surface area (Å²) >= 11 is 0. The Morgan fingerprint density at radius 3 is 1.59 bits per heavy atom. The van der Waals surface area contributed by atoms with Crippen molar-refractivity contribution in [1.29, 1.82) is 0 Å². The van der Waals surface area contributed by atoms with Crippen molar-refractivity contribution in [3.63, 3.8) is 0 Å². The molecular formula is C24H48O9P-. The van der Waals surface area contributed by atoms with E-state index in [9.17, 15) is 19.4 Å². The lowest BCUT2D eigenvalue weighted by Crippen LogP contribution is -2.26. The SMILES string of the molecule is CCCCCCCCCCCCCCCCCC(=O)OCC(O)COP(=O)([O-])OCC(O)CO. The van der Waals surface area contributed by atoms with Crippen LogP contribution in [0.4, 0.5) is 0 Å². The number of carbonyl (C=O) groups excluding carboxylic acids is 1. The van der Waals surface area contributed by atoms with Gasteiger partial charge in [-0.15, -0.1) is 0 Å². The Labute approximate surface area is 205 Å². The van der Waals surface area contributed by atoms with Crippen molar-refractivity contribution in [3.8, 4) is 0 Å². The minimum absolute atomic E-state index is 0.258. The highest BCUT2D eigenvalue weighted by Crippen LogP contribution is 2.38. The lowest BCUT2D eigenvalue weighted by molar-refractivity contribution is -0.229. The van der Waals surface area contributed by atoms with Crippen molar-refractivity contribution in [1.82, 2.24) is 0 Å². The third-order valence-corrected chi connectivity index (χ3v) is 6.41. The monoisotopic (exact) mass is 511 g/mol. The predicted octanol–water partition coefficient (Wildman–Crippen LogP) is 4.01. The summed E-state index contributed by atoms with van der Waals surface area (Å²) in [6.45, 7) is -0.0751. The topological polar surface area (TPSA) is 146 Å². The number of hydrogen-bond acceptors (Lipinski definition) is 9. The average molecular weight is 512 g/mol. The molecule has 0 rings (SSSR count). The molecule has 3 unspecified atom stereocenters. The standard InChI is InChI=1S/C24H49O9P/c1-2-3-4-5-6-7-8-9-10-11-12-13-14-15-16-17-24(28)31-19-23(27)21-33-34(29,30)32-20-22(26)18-25/h22-23,25-27H,2-21H2,1H3,(H,29,30)/p-1. The largest absolute Gasteiger partial charge is 0.756 e. The molecule has 0 amide bonds. The molecule has 0 fully saturated rings. The van der Waals surface area contributed by atoms with E-state index in [-0.39, 0.29) is 13.0 Å². The van der Waals surface area contributed by atoms with Gasteiger partial charge in [0, 0.05) is 6.42 Å². The zero-order chi connectivity index (χ0) is 25.5. The number of hydrogen-bond donors (Lipinski definition) is 3. The molecule has 0 heterocycles. The number of ether oxygens (including phenoxy) is 1. The first kappa shape index (κ1) is 33.5. The van der Waals surface area contributed by atoms with E-state index in [2.05, 4.69) is 16.0 Å². The normalized spacial score (nSPS) is 15.1. The number of aliphatic hydroxyl groups excluding tert-OH is 3. The van der Waals surface area contributed by atoms with Crippen molar-refractivity contribution in [2.45, 2.75) is 122 Å². The summed E-state index contributed by atoms with van der Waals surface area (Å²) in [5.74, 6) is -0.443. The maximum Gasteiger partial charge on any atom is 0.305 e. The highest BCUT2D eigenvalue weighted by molar-refractivity contribution is 7.45. The zero-order valence-corrected chi connectivity index (χ0v) is 21.9. The molecule has 0 aromatic rings. The lowest BCUT2D eigenvalue weighted by Gasteiger charge is -2.24. The summed E-state index contributed by atoms with van der Waals surface area (Å²) in [7, 11) is -4.73. The molecule has 0 saturated carbocycles. The fourth-order valence-electron chi connectivity index (χ4n) is 3.39. The van der Waals surface area contributed by atoms with Crippen LogP contribution in [0.2, 0.25) is 0 Å². The molecule has 3 atom stereocenters. The number of rotatable bonds is 25. The molecule has 0 aromatic carbocycles. The van der Waals surface area contributed by atoms with E-state index < -0.39 is 45.8 Å². The van der Waals surface area contributed by atoms with Gasteiger partial charge in [-0.2, -0.15) is 0 Å². The van der Waals surface area contributed by atoms with Crippen LogP contribution in [0.5, 0.6) is 0 Å². The molecule has 3 N–H and O–H groups in total. The van der Waals surface area contributed by atoms with E-state index in [0.29, 0.717) is 0 Å². The number of phosphoric ester groups is 1. The van der Waals surface area contributed by atoms with Crippen molar-refractivity contribution in [2.75, 3.05) is 26.4 Å². The highest BCUT2D eigenvalue weighted by atomic mass is 31.2. The van der Waals surface area contributed by atoms with Gasteiger partial charge in [0.15, 0.2) is 0 Å². The van der Waals surface area contributed by atoms with Crippen LogP contribution in [0.1, 0.15) is 110 Å². The van der Waals surface area contributed by atoms with Crippen LogP contribution in [-0.2, 0) is 23.1 Å². The van der Waals surface area contributed by atoms with Gasteiger partial charge >= 0.3 is 5.97 Å². The molecule has 34 heavy (non-hydrogen) atoms. The third-order valence-electron chi connectivity index (χ3n) is 5.48. The van der Waals surface area contributed by atoms with E-state index in [0.717, 1.165) is 19.3 Å². The van der Waals surface area contributed by atoms with Gasteiger partial charge in [0.1, 0.15) is 18.8 Å². The van der Waals surface area contributed by atoms with Gasteiger partial charge in [-0.3, -0.25) is 9.36 Å². The van der Waals surface area contributed by atoms with Crippen molar-refractivity contribution < 1.29 is 43.4 Å². The molecule has 0 aliphatic carbocycles. The molecule has 0 spiro atoms. The Morgan fingerprint density at radius 2 is 1.15 bits per heavy atom. The lowest BCUT2D eigenvalue weighted by atomic mass is 10.0. The van der Waals surface area contributed by atoms with Gasteiger partial charge in [0.2, 0.25) is 0 Å². The van der Waals surface area contributed by atoms with Crippen LogP contribution < -0.4 is 4.89 Å². The minimum Gasteiger partial charge on any atom is -0.756 e. The molecule has 0 aromatic heterocycles. The van der Waals surface area contributed by atoms with Gasteiger partial charge in [-0.25, -0.2) is 0 Å². The smallest absolute Gasteiger partial charge is 0.305 e. The second kappa shape index (κ2) is 22.9. The van der Waals surface area contributed by atoms with Crippen LogP contribution in [0.25, 0.3) is 0 Å². The van der Waals surface area contributed by atoms with E-state index in [4.69, 9.17) is 14.9 Å². The highest BCUT2D eigenvalue weighted by Gasteiger charge is 2.16. The van der Waals surface area contributed by atoms with Gasteiger partial charge in [0.25, 0.3) is 7.82 Å². The molecule has 0 radical (unpaired) electrons. The Morgan fingerprint density at radius 1 is 0.735 bits per heavy atom. The first-order chi connectivity index (χ1) is 16.3. The number of aliphatic hydroxyl groups is 3. The van der Waals surface area contributed by atoms with E-state index >= 15 is 0 Å². The third kappa shape index (κ3) is 23.2. The average Bonchev–Trinajstić information content (AvgIpc) is 2.82. The molecule has 0 aliphatic rings. The van der Waals surface area contributed by atoms with E-state index in [1.807, 2.05) is 0 Å². The zero-order valence-electron chi connectivity index (χ0n) is 21.0. The molecule has 0 saturated heterocycles. The molecule has 9 nitrogen and oxygen atoms in total. The fourth-order valence-corrected chi connectivity index (χ4v) is 4.18. The summed E-state index contributed by atoms with van der Waals surface area (Å²) in [5.41, 5.74) is 0. The van der Waals surface area contributed by atoms with Crippen LogP contribution in [-0.4, -0.2) is 59.9 Å². The second-order valence-corrected chi connectivity index (χ2v) is 10.3. The summed E-state index contributed by atoms with van der Waals surface area (Å²) < 4.78 is 25.2. The fraction of sp³-hybridized carbons (Fsp3) is 0.958. The molecular weight excluding hydrogens is 463 g/mol. The molecule has 10 heteroatoms. The maximum absolute atomic E-state index is 11.7. The summed E-state index contributed by atoms with van der Waals surface area (Å²) in [5, 5.41) is 27.3. The van der Waals surface area contributed by atoms with Gasteiger partial charge in [0.05, 0.1) is 19.8 Å². The van der Waals surface area contributed by atoms with Crippen LogP contribution in [0.3, 0.4) is 0 Å². The molecule has 0 bridgehead atoms.